The number of nitrogens with one attached hydrogen (secondary N) is 2. The molecule has 1 saturated heterocycles. The van der Waals surface area contributed by atoms with Gasteiger partial charge in [-0.25, -0.2) is 0 Å². The molecule has 1 unspecified atom stereocenters. The topological polar surface area (TPSA) is 92.8 Å². The lowest BCUT2D eigenvalue weighted by Gasteiger charge is -2.27. The number of hydrogen-bond donors (Lipinski definition) is 2. The van der Waals surface area contributed by atoms with Crippen LogP contribution in [0, 0.1) is 0 Å². The molecule has 1 aliphatic heterocycles. The summed E-state index contributed by atoms with van der Waals surface area (Å²) in [6.45, 7) is 1.03. The SMILES string of the molecule is O=C(NCc1ccc(-c2nn[nH]n2)cc1)C1(c2ccccc2)CCCO1. The van der Waals surface area contributed by atoms with E-state index in [1.807, 2.05) is 54.6 Å². The van der Waals surface area contributed by atoms with E-state index in [-0.39, 0.29) is 5.91 Å². The summed E-state index contributed by atoms with van der Waals surface area (Å²) in [5, 5.41) is 16.9. The van der Waals surface area contributed by atoms with Crippen molar-refractivity contribution < 1.29 is 9.53 Å². The second kappa shape index (κ2) is 7.05. The van der Waals surface area contributed by atoms with Gasteiger partial charge in [0.2, 0.25) is 5.82 Å². The summed E-state index contributed by atoms with van der Waals surface area (Å²) in [7, 11) is 0. The molecule has 2 heterocycles. The van der Waals surface area contributed by atoms with Gasteiger partial charge in [0.1, 0.15) is 0 Å². The summed E-state index contributed by atoms with van der Waals surface area (Å²) in [6.07, 6.45) is 1.57. The molecule has 1 amide bonds. The number of nitrogens with zero attached hydrogens (tertiary/aromatic N) is 3. The van der Waals surface area contributed by atoms with E-state index in [9.17, 15) is 4.79 Å². The summed E-state index contributed by atoms with van der Waals surface area (Å²) < 4.78 is 5.91. The van der Waals surface area contributed by atoms with Crippen LogP contribution in [0.25, 0.3) is 11.4 Å². The van der Waals surface area contributed by atoms with Crippen LogP contribution in [0.2, 0.25) is 0 Å². The van der Waals surface area contributed by atoms with Crippen molar-refractivity contribution in [2.24, 2.45) is 0 Å². The lowest BCUT2D eigenvalue weighted by molar-refractivity contribution is -0.142. The molecule has 0 saturated carbocycles. The van der Waals surface area contributed by atoms with Crippen LogP contribution in [-0.2, 0) is 21.7 Å². The molecular formula is C19H19N5O2. The zero-order chi connectivity index (χ0) is 17.8. The van der Waals surface area contributed by atoms with E-state index in [2.05, 4.69) is 25.9 Å². The molecule has 1 aliphatic rings. The number of carbonyl (C=O) groups is 1. The molecule has 132 valence electrons. The van der Waals surface area contributed by atoms with Crippen LogP contribution >= 0.6 is 0 Å². The largest absolute Gasteiger partial charge is 0.360 e. The maximum absolute atomic E-state index is 12.9. The smallest absolute Gasteiger partial charge is 0.257 e. The second-order valence-corrected chi connectivity index (χ2v) is 6.26. The zero-order valence-electron chi connectivity index (χ0n) is 14.2. The number of tetrazole rings is 1. The second-order valence-electron chi connectivity index (χ2n) is 6.26. The molecule has 2 N–H and O–H groups in total. The van der Waals surface area contributed by atoms with Gasteiger partial charge in [-0.2, -0.15) is 5.21 Å². The van der Waals surface area contributed by atoms with Gasteiger partial charge in [0.25, 0.3) is 5.91 Å². The Morgan fingerprint density at radius 3 is 2.62 bits per heavy atom. The van der Waals surface area contributed by atoms with Gasteiger partial charge in [0, 0.05) is 18.7 Å². The molecular weight excluding hydrogens is 330 g/mol. The van der Waals surface area contributed by atoms with Crippen LogP contribution < -0.4 is 5.32 Å². The fourth-order valence-electron chi connectivity index (χ4n) is 3.27. The van der Waals surface area contributed by atoms with Crippen molar-refractivity contribution in [2.45, 2.75) is 25.0 Å². The minimum Gasteiger partial charge on any atom is -0.360 e. The Kier molecular flexibility index (Phi) is 4.45. The van der Waals surface area contributed by atoms with E-state index < -0.39 is 5.60 Å². The van der Waals surface area contributed by atoms with E-state index >= 15 is 0 Å². The number of rotatable bonds is 5. The Labute approximate surface area is 150 Å². The van der Waals surface area contributed by atoms with Crippen molar-refractivity contribution in [3.05, 3.63) is 65.7 Å². The fourth-order valence-corrected chi connectivity index (χ4v) is 3.27. The predicted molar refractivity (Wildman–Crippen MR) is 94.8 cm³/mol. The first-order valence-corrected chi connectivity index (χ1v) is 8.58. The summed E-state index contributed by atoms with van der Waals surface area (Å²) in [5.41, 5.74) is 1.88. The number of H-pyrrole nitrogens is 1. The first kappa shape index (κ1) is 16.4. The summed E-state index contributed by atoms with van der Waals surface area (Å²) in [6, 6.07) is 17.4. The van der Waals surface area contributed by atoms with E-state index in [0.717, 1.165) is 23.1 Å². The van der Waals surface area contributed by atoms with Crippen molar-refractivity contribution >= 4 is 5.91 Å². The highest BCUT2D eigenvalue weighted by Crippen LogP contribution is 2.36. The van der Waals surface area contributed by atoms with Gasteiger partial charge in [0.05, 0.1) is 0 Å². The maximum atomic E-state index is 12.9. The third-order valence-corrected chi connectivity index (χ3v) is 4.64. The van der Waals surface area contributed by atoms with Gasteiger partial charge in [-0.3, -0.25) is 4.79 Å². The molecule has 7 nitrogen and oxygen atoms in total. The van der Waals surface area contributed by atoms with Gasteiger partial charge in [0.15, 0.2) is 5.60 Å². The van der Waals surface area contributed by atoms with Crippen LogP contribution in [0.5, 0.6) is 0 Å². The van der Waals surface area contributed by atoms with Crippen LogP contribution in [0.4, 0.5) is 0 Å². The van der Waals surface area contributed by atoms with Crippen molar-refractivity contribution in [1.82, 2.24) is 25.9 Å². The lowest BCUT2D eigenvalue weighted by atomic mass is 9.90. The number of amides is 1. The molecule has 2 aromatic carbocycles. The van der Waals surface area contributed by atoms with Gasteiger partial charge >= 0.3 is 0 Å². The monoisotopic (exact) mass is 349 g/mol. The highest BCUT2D eigenvalue weighted by molar-refractivity contribution is 5.86. The van der Waals surface area contributed by atoms with Crippen LogP contribution in [0.15, 0.2) is 54.6 Å². The molecule has 26 heavy (non-hydrogen) atoms. The van der Waals surface area contributed by atoms with Crippen molar-refractivity contribution in [3.8, 4) is 11.4 Å². The Morgan fingerprint density at radius 1 is 1.15 bits per heavy atom. The van der Waals surface area contributed by atoms with Crippen LogP contribution in [-0.4, -0.2) is 33.1 Å². The summed E-state index contributed by atoms with van der Waals surface area (Å²) in [5.74, 6) is 0.450. The first-order valence-electron chi connectivity index (χ1n) is 8.58. The molecule has 1 aromatic heterocycles. The summed E-state index contributed by atoms with van der Waals surface area (Å²) >= 11 is 0. The number of carbonyl (C=O) groups excluding carboxylic acids is 1. The van der Waals surface area contributed by atoms with Crippen LogP contribution in [0.3, 0.4) is 0 Å². The standard InChI is InChI=1S/C19H19N5O2/c25-18(19(11-4-12-26-19)16-5-2-1-3-6-16)20-13-14-7-9-15(10-8-14)17-21-23-24-22-17/h1-3,5-10H,4,11-13H2,(H,20,25)(H,21,22,23,24). The third kappa shape index (κ3) is 3.09. The quantitative estimate of drug-likeness (QED) is 0.736. The van der Waals surface area contributed by atoms with Crippen LogP contribution in [0.1, 0.15) is 24.0 Å². The molecule has 4 rings (SSSR count). The number of benzene rings is 2. The molecule has 1 atom stereocenters. The maximum Gasteiger partial charge on any atom is 0.257 e. The van der Waals surface area contributed by atoms with E-state index in [4.69, 9.17) is 4.74 Å². The highest BCUT2D eigenvalue weighted by Gasteiger charge is 2.44. The third-order valence-electron chi connectivity index (χ3n) is 4.64. The molecule has 0 spiro atoms. The Balaban J connectivity index is 1.46. The molecule has 3 aromatic rings. The minimum atomic E-state index is -0.883. The number of ether oxygens (including phenoxy) is 1. The lowest BCUT2D eigenvalue weighted by Crippen LogP contribution is -2.43. The Morgan fingerprint density at radius 2 is 1.96 bits per heavy atom. The zero-order valence-corrected chi connectivity index (χ0v) is 14.2. The molecule has 0 aliphatic carbocycles. The molecule has 1 fully saturated rings. The Hall–Kier alpha value is -3.06. The Bertz CT molecular complexity index is 857. The number of hydrogen-bond acceptors (Lipinski definition) is 5. The van der Waals surface area contributed by atoms with Gasteiger partial charge < -0.3 is 10.1 Å². The van der Waals surface area contributed by atoms with Crippen molar-refractivity contribution in [1.29, 1.82) is 0 Å². The fraction of sp³-hybridized carbons (Fsp3) is 0.263. The van der Waals surface area contributed by atoms with E-state index in [0.29, 0.717) is 25.4 Å². The molecule has 7 heteroatoms. The van der Waals surface area contributed by atoms with E-state index in [1.165, 1.54) is 0 Å². The van der Waals surface area contributed by atoms with Crippen molar-refractivity contribution in [2.75, 3.05) is 6.61 Å². The highest BCUT2D eigenvalue weighted by atomic mass is 16.5. The summed E-state index contributed by atoms with van der Waals surface area (Å²) in [4.78, 5) is 12.9. The van der Waals surface area contributed by atoms with E-state index in [1.54, 1.807) is 0 Å². The number of aromatic amines is 1. The first-order chi connectivity index (χ1) is 12.8. The average Bonchev–Trinajstić information content (AvgIpc) is 3.40. The molecule has 0 bridgehead atoms. The normalized spacial score (nSPS) is 19.4. The average molecular weight is 349 g/mol. The predicted octanol–water partition coefficient (Wildman–Crippen LogP) is 2.19. The van der Waals surface area contributed by atoms with Crippen molar-refractivity contribution in [3.63, 3.8) is 0 Å². The molecule has 0 radical (unpaired) electrons. The van der Waals surface area contributed by atoms with Gasteiger partial charge in [-0.1, -0.05) is 54.6 Å². The number of aromatic nitrogens is 4. The van der Waals surface area contributed by atoms with Gasteiger partial charge in [-0.05, 0) is 29.2 Å². The van der Waals surface area contributed by atoms with Gasteiger partial charge in [-0.15, -0.1) is 10.2 Å². The minimum absolute atomic E-state index is 0.0940.